The van der Waals surface area contributed by atoms with Crippen LogP contribution in [0.3, 0.4) is 0 Å². The number of hydrogen-bond donors (Lipinski definition) is 5. The fourth-order valence-corrected chi connectivity index (χ4v) is 12.7. The SMILES string of the molecule is CCC(=O)O[C@@H]([C]1C[C@@H](C)[C@H]2[C](O1)[C@H](O)[C@@]1(C)[C]3CC[C@H]4C(C)(C)[C@@H](O[C@@H]5OC[C@@H](O)[C@H](O)[C@H]5O)CC[C@@]45C[C@@]35CC[C@]21C)C(C)(C)O. The molecule has 0 amide bonds. The molecule has 0 bridgehead atoms. The predicted molar refractivity (Wildman–Crippen MR) is 174 cm³/mol. The molecule has 7 rings (SSSR count). The zero-order chi connectivity index (χ0) is 35.0. The van der Waals surface area contributed by atoms with Crippen LogP contribution in [0.5, 0.6) is 0 Å². The zero-order valence-corrected chi connectivity index (χ0v) is 30.1. The highest BCUT2D eigenvalue weighted by Gasteiger charge is 2.85. The summed E-state index contributed by atoms with van der Waals surface area (Å²) in [4.78, 5) is 12.4. The van der Waals surface area contributed by atoms with Crippen molar-refractivity contribution in [1.29, 1.82) is 0 Å². The summed E-state index contributed by atoms with van der Waals surface area (Å²) < 4.78 is 24.5. The van der Waals surface area contributed by atoms with Crippen LogP contribution < -0.4 is 0 Å². The Bertz CT molecular complexity index is 1270. The highest BCUT2D eigenvalue weighted by molar-refractivity contribution is 5.69. The second-order valence-corrected chi connectivity index (χ2v) is 18.2. The van der Waals surface area contributed by atoms with Crippen molar-refractivity contribution >= 4 is 5.97 Å². The van der Waals surface area contributed by atoms with E-state index in [2.05, 4.69) is 34.6 Å². The molecule has 2 heterocycles. The van der Waals surface area contributed by atoms with Gasteiger partial charge < -0.3 is 44.5 Å². The highest BCUT2D eigenvalue weighted by atomic mass is 16.7. The van der Waals surface area contributed by atoms with Gasteiger partial charge in [0.15, 0.2) is 12.4 Å². The summed E-state index contributed by atoms with van der Waals surface area (Å²) in [6.07, 6.45) is 2.22. The summed E-state index contributed by atoms with van der Waals surface area (Å²) in [5, 5.41) is 54.4. The zero-order valence-electron chi connectivity index (χ0n) is 30.1. The molecule has 0 aromatic rings. The van der Waals surface area contributed by atoms with Crippen LogP contribution >= 0.6 is 0 Å². The van der Waals surface area contributed by atoms with Crippen LogP contribution in [0.2, 0.25) is 0 Å². The van der Waals surface area contributed by atoms with Crippen molar-refractivity contribution in [1.82, 2.24) is 0 Å². The molecular weight excluding hydrogens is 616 g/mol. The smallest absolute Gasteiger partial charge is 0.305 e. The van der Waals surface area contributed by atoms with Gasteiger partial charge in [-0.05, 0) is 105 Å². The number of fused-ring (bicyclic) bond motifs is 4. The van der Waals surface area contributed by atoms with Gasteiger partial charge in [0.2, 0.25) is 0 Å². The maximum Gasteiger partial charge on any atom is 0.305 e. The Kier molecular flexibility index (Phi) is 8.39. The Morgan fingerprint density at radius 3 is 2.42 bits per heavy atom. The second kappa shape index (κ2) is 11.3. The van der Waals surface area contributed by atoms with E-state index in [0.29, 0.717) is 24.5 Å². The van der Waals surface area contributed by atoms with Crippen molar-refractivity contribution < 1.29 is 49.3 Å². The Hall–Kier alpha value is -0.850. The van der Waals surface area contributed by atoms with Crippen LogP contribution in [0.15, 0.2) is 0 Å². The van der Waals surface area contributed by atoms with E-state index >= 15 is 0 Å². The molecular formula is C38H59O10. The number of carbonyl (C=O) groups excluding carboxylic acids is 1. The summed E-state index contributed by atoms with van der Waals surface area (Å²) in [6, 6.07) is 0. The van der Waals surface area contributed by atoms with Crippen molar-refractivity contribution in [3.63, 3.8) is 0 Å². The first-order valence-electron chi connectivity index (χ1n) is 18.5. The lowest BCUT2D eigenvalue weighted by molar-refractivity contribution is -0.301. The minimum atomic E-state index is -1.34. The minimum absolute atomic E-state index is 0.0409. The molecule has 7 fully saturated rings. The summed E-state index contributed by atoms with van der Waals surface area (Å²) in [7, 11) is 0. The van der Waals surface area contributed by atoms with Crippen LogP contribution in [0.25, 0.3) is 0 Å². The molecule has 5 N–H and O–H groups in total. The highest BCUT2D eigenvalue weighted by Crippen LogP contribution is 2.90. The van der Waals surface area contributed by atoms with Crippen molar-refractivity contribution in [2.45, 2.75) is 162 Å². The normalized spacial score (nSPS) is 51.1. The quantitative estimate of drug-likeness (QED) is 0.206. The molecule has 5 saturated carbocycles. The van der Waals surface area contributed by atoms with Crippen LogP contribution in [0.1, 0.15) is 113 Å². The molecule has 48 heavy (non-hydrogen) atoms. The molecule has 14 atom stereocenters. The van der Waals surface area contributed by atoms with Gasteiger partial charge in [-0.3, -0.25) is 4.79 Å². The molecule has 0 aromatic carbocycles. The van der Waals surface area contributed by atoms with Gasteiger partial charge in [-0.25, -0.2) is 0 Å². The van der Waals surface area contributed by atoms with Gasteiger partial charge in [-0.1, -0.05) is 41.5 Å². The Morgan fingerprint density at radius 1 is 1.04 bits per heavy atom. The first kappa shape index (κ1) is 35.5. The number of rotatable bonds is 6. The molecule has 2 aliphatic heterocycles. The molecule has 3 radical (unpaired) electrons. The van der Waals surface area contributed by atoms with Gasteiger partial charge in [-0.2, -0.15) is 0 Å². The molecule has 0 unspecified atom stereocenters. The van der Waals surface area contributed by atoms with Crippen LogP contribution in [0.4, 0.5) is 0 Å². The van der Waals surface area contributed by atoms with Gasteiger partial charge in [-0.15, -0.1) is 0 Å². The maximum absolute atomic E-state index is 12.5. The van der Waals surface area contributed by atoms with Crippen LogP contribution in [-0.2, 0) is 23.7 Å². The molecule has 0 aromatic heterocycles. The van der Waals surface area contributed by atoms with Gasteiger partial charge in [0.1, 0.15) is 30.5 Å². The Labute approximate surface area is 286 Å². The molecule has 5 aliphatic carbocycles. The third kappa shape index (κ3) is 4.61. The Balaban J connectivity index is 1.14. The van der Waals surface area contributed by atoms with Crippen molar-refractivity contribution in [2.24, 2.45) is 44.8 Å². The van der Waals surface area contributed by atoms with Gasteiger partial charge in [0, 0.05) is 17.8 Å². The van der Waals surface area contributed by atoms with Crippen molar-refractivity contribution in [3.05, 3.63) is 18.1 Å². The number of esters is 1. The number of aliphatic hydroxyl groups is 5. The van der Waals surface area contributed by atoms with Crippen LogP contribution in [0, 0.1) is 63.0 Å². The summed E-state index contributed by atoms with van der Waals surface area (Å²) in [5.74, 6) is 1.67. The van der Waals surface area contributed by atoms with E-state index in [9.17, 15) is 30.3 Å². The molecule has 10 heteroatoms. The summed E-state index contributed by atoms with van der Waals surface area (Å²) in [5.41, 5.74) is -2.07. The number of hydrogen-bond acceptors (Lipinski definition) is 10. The number of ether oxygens (including phenoxy) is 4. The minimum Gasteiger partial charge on any atom is -0.456 e. The van der Waals surface area contributed by atoms with Crippen molar-refractivity contribution in [3.8, 4) is 0 Å². The fourth-order valence-electron chi connectivity index (χ4n) is 12.7. The molecule has 271 valence electrons. The fraction of sp³-hybridized carbons (Fsp3) is 0.895. The van der Waals surface area contributed by atoms with Gasteiger partial charge >= 0.3 is 5.97 Å². The molecule has 10 nitrogen and oxygen atoms in total. The molecule has 2 spiro atoms. The standard InChI is InChI=1S/C38H59O10/c1-9-25(40)48-31(34(5,6)44)21-16-19(2)26-29(46-21)30(43)36(8)23-11-10-22-33(3,4)24(47-32-28(42)27(41)20(39)17-45-32)12-13-37(22)18-38(23,37)15-14-35(26,36)7/h19-20,22,24,26-28,30-32,39,41-44H,9-18H2,1-8H3/t19-,20-,22+,24+,26+,27+,28-,30+,31+,32+,35-,36-,37-,38+/m1/s1. The lowest BCUT2D eigenvalue weighted by Gasteiger charge is -2.63. The summed E-state index contributed by atoms with van der Waals surface area (Å²) >= 11 is 0. The van der Waals surface area contributed by atoms with E-state index in [1.165, 1.54) is 5.92 Å². The average Bonchev–Trinajstić information content (AvgIpc) is 3.65. The second-order valence-electron chi connectivity index (χ2n) is 18.2. The first-order chi connectivity index (χ1) is 22.3. The lowest BCUT2D eigenvalue weighted by Crippen LogP contribution is -2.60. The van der Waals surface area contributed by atoms with E-state index in [-0.39, 0.29) is 52.6 Å². The lowest BCUT2D eigenvalue weighted by atomic mass is 9.41. The predicted octanol–water partition coefficient (Wildman–Crippen LogP) is 4.00. The summed E-state index contributed by atoms with van der Waals surface area (Å²) in [6.45, 7) is 16.3. The average molecular weight is 676 g/mol. The molecule has 2 saturated heterocycles. The maximum atomic E-state index is 12.5. The first-order valence-corrected chi connectivity index (χ1v) is 18.5. The topological polar surface area (TPSA) is 155 Å². The van der Waals surface area contributed by atoms with E-state index in [1.54, 1.807) is 20.8 Å². The van der Waals surface area contributed by atoms with E-state index in [0.717, 1.165) is 44.9 Å². The van der Waals surface area contributed by atoms with Gasteiger partial charge in [0.05, 0.1) is 24.4 Å². The number of carbonyl (C=O) groups is 1. The monoisotopic (exact) mass is 675 g/mol. The van der Waals surface area contributed by atoms with Crippen LogP contribution in [-0.4, -0.2) is 86.6 Å². The third-order valence-corrected chi connectivity index (χ3v) is 15.2. The molecule has 7 aliphatic rings. The van der Waals surface area contributed by atoms with Gasteiger partial charge in [0.25, 0.3) is 0 Å². The number of aliphatic hydroxyl groups excluding tert-OH is 4. The van der Waals surface area contributed by atoms with E-state index in [4.69, 9.17) is 18.9 Å². The van der Waals surface area contributed by atoms with E-state index < -0.39 is 53.8 Å². The third-order valence-electron chi connectivity index (χ3n) is 15.2. The Morgan fingerprint density at radius 2 is 1.75 bits per heavy atom. The largest absolute Gasteiger partial charge is 0.456 e. The van der Waals surface area contributed by atoms with E-state index in [1.807, 2.05) is 0 Å². The van der Waals surface area contributed by atoms with Crippen molar-refractivity contribution in [2.75, 3.05) is 6.61 Å².